The lowest BCUT2D eigenvalue weighted by Crippen LogP contribution is -2.48. The van der Waals surface area contributed by atoms with Gasteiger partial charge in [0.15, 0.2) is 5.78 Å². The predicted octanol–water partition coefficient (Wildman–Crippen LogP) is 2.77. The number of morpholine rings is 1. The molecule has 1 aromatic rings. The molecule has 0 bridgehead atoms. The highest BCUT2D eigenvalue weighted by Gasteiger charge is 2.28. The van der Waals surface area contributed by atoms with Gasteiger partial charge < -0.3 is 9.47 Å². The molecule has 1 aromatic carbocycles. The molecule has 0 radical (unpaired) electrons. The Morgan fingerprint density at radius 1 is 1.24 bits per heavy atom. The van der Waals surface area contributed by atoms with Gasteiger partial charge in [-0.05, 0) is 52.0 Å². The van der Waals surface area contributed by atoms with Crippen LogP contribution in [0.5, 0.6) is 5.75 Å². The fourth-order valence-corrected chi connectivity index (χ4v) is 2.45. The normalized spacial score (nSPS) is 20.0. The average molecular weight is 291 g/mol. The van der Waals surface area contributed by atoms with Gasteiger partial charge in [0.1, 0.15) is 11.9 Å². The maximum atomic E-state index is 12.5. The number of rotatable bonds is 5. The van der Waals surface area contributed by atoms with Crippen molar-refractivity contribution in [3.8, 4) is 5.75 Å². The highest BCUT2D eigenvalue weighted by molar-refractivity contribution is 5.99. The predicted molar refractivity (Wildman–Crippen MR) is 83.0 cm³/mol. The third-order valence-electron chi connectivity index (χ3n) is 3.63. The van der Waals surface area contributed by atoms with Crippen LogP contribution < -0.4 is 4.74 Å². The lowest BCUT2D eigenvalue weighted by molar-refractivity contribution is -0.0256. The summed E-state index contributed by atoms with van der Waals surface area (Å²) in [4.78, 5) is 14.8. The minimum absolute atomic E-state index is 0.0523. The first-order valence-electron chi connectivity index (χ1n) is 7.64. The Morgan fingerprint density at radius 2 is 1.90 bits per heavy atom. The molecule has 1 aliphatic heterocycles. The second-order valence-corrected chi connectivity index (χ2v) is 6.00. The van der Waals surface area contributed by atoms with Gasteiger partial charge in [0, 0.05) is 24.7 Å². The number of ketones is 1. The van der Waals surface area contributed by atoms with Gasteiger partial charge in [-0.2, -0.15) is 0 Å². The van der Waals surface area contributed by atoms with Gasteiger partial charge >= 0.3 is 0 Å². The SMILES string of the molecule is CC(C)Oc1ccc(C(=O)C2CN(C(C)C)CCO2)cc1. The fourth-order valence-electron chi connectivity index (χ4n) is 2.45. The standard InChI is InChI=1S/C17H25NO3/c1-12(2)18-9-10-20-16(11-18)17(19)14-5-7-15(8-6-14)21-13(3)4/h5-8,12-13,16H,9-11H2,1-4H3. The van der Waals surface area contributed by atoms with Gasteiger partial charge in [-0.1, -0.05) is 0 Å². The molecule has 1 atom stereocenters. The van der Waals surface area contributed by atoms with E-state index in [0.717, 1.165) is 12.3 Å². The summed E-state index contributed by atoms with van der Waals surface area (Å²) in [6.45, 7) is 10.4. The van der Waals surface area contributed by atoms with Crippen LogP contribution in [0.4, 0.5) is 0 Å². The van der Waals surface area contributed by atoms with E-state index >= 15 is 0 Å². The molecule has 0 N–H and O–H groups in total. The number of carbonyl (C=O) groups excluding carboxylic acids is 1. The van der Waals surface area contributed by atoms with Crippen LogP contribution in [-0.4, -0.2) is 48.6 Å². The van der Waals surface area contributed by atoms with Gasteiger partial charge in [0.2, 0.25) is 0 Å². The monoisotopic (exact) mass is 291 g/mol. The summed E-state index contributed by atoms with van der Waals surface area (Å²) >= 11 is 0. The summed E-state index contributed by atoms with van der Waals surface area (Å²) < 4.78 is 11.2. The van der Waals surface area contributed by atoms with Crippen molar-refractivity contribution in [2.75, 3.05) is 19.7 Å². The van der Waals surface area contributed by atoms with E-state index in [1.165, 1.54) is 0 Å². The molecule has 0 spiro atoms. The number of hydrogen-bond donors (Lipinski definition) is 0. The molecular weight excluding hydrogens is 266 g/mol. The van der Waals surface area contributed by atoms with Crippen molar-refractivity contribution in [2.24, 2.45) is 0 Å². The molecule has 1 aliphatic rings. The smallest absolute Gasteiger partial charge is 0.192 e. The summed E-state index contributed by atoms with van der Waals surface area (Å²) in [5, 5.41) is 0. The third kappa shape index (κ3) is 4.29. The molecule has 0 aromatic heterocycles. The summed E-state index contributed by atoms with van der Waals surface area (Å²) in [7, 11) is 0. The van der Waals surface area contributed by atoms with E-state index in [2.05, 4.69) is 18.7 Å². The minimum Gasteiger partial charge on any atom is -0.491 e. The number of carbonyl (C=O) groups is 1. The minimum atomic E-state index is -0.363. The molecule has 0 amide bonds. The van der Waals surface area contributed by atoms with Gasteiger partial charge in [-0.25, -0.2) is 0 Å². The Morgan fingerprint density at radius 3 is 2.48 bits per heavy atom. The van der Waals surface area contributed by atoms with Crippen molar-refractivity contribution in [3.63, 3.8) is 0 Å². The van der Waals surface area contributed by atoms with Crippen LogP contribution in [0.15, 0.2) is 24.3 Å². The van der Waals surface area contributed by atoms with E-state index in [-0.39, 0.29) is 18.0 Å². The number of nitrogens with zero attached hydrogens (tertiary/aromatic N) is 1. The second-order valence-electron chi connectivity index (χ2n) is 6.00. The molecule has 116 valence electrons. The van der Waals surface area contributed by atoms with Crippen LogP contribution in [-0.2, 0) is 4.74 Å². The van der Waals surface area contributed by atoms with Crippen LogP contribution in [0.25, 0.3) is 0 Å². The van der Waals surface area contributed by atoms with Crippen molar-refractivity contribution >= 4 is 5.78 Å². The highest BCUT2D eigenvalue weighted by atomic mass is 16.5. The van der Waals surface area contributed by atoms with Gasteiger partial charge in [0.05, 0.1) is 12.7 Å². The zero-order chi connectivity index (χ0) is 15.4. The molecule has 1 fully saturated rings. The Labute approximate surface area is 127 Å². The van der Waals surface area contributed by atoms with Crippen LogP contribution in [0, 0.1) is 0 Å². The largest absolute Gasteiger partial charge is 0.491 e. The van der Waals surface area contributed by atoms with Gasteiger partial charge in [-0.15, -0.1) is 0 Å². The first-order chi connectivity index (χ1) is 9.97. The van der Waals surface area contributed by atoms with Crippen molar-refractivity contribution in [2.45, 2.75) is 45.9 Å². The molecule has 1 saturated heterocycles. The molecule has 4 nitrogen and oxygen atoms in total. The zero-order valence-corrected chi connectivity index (χ0v) is 13.3. The maximum Gasteiger partial charge on any atom is 0.192 e. The third-order valence-corrected chi connectivity index (χ3v) is 3.63. The Bertz CT molecular complexity index is 467. The highest BCUT2D eigenvalue weighted by Crippen LogP contribution is 2.18. The quantitative estimate of drug-likeness (QED) is 0.782. The van der Waals surface area contributed by atoms with Crippen molar-refractivity contribution in [1.82, 2.24) is 4.90 Å². The fraction of sp³-hybridized carbons (Fsp3) is 0.588. The number of benzene rings is 1. The zero-order valence-electron chi connectivity index (χ0n) is 13.3. The average Bonchev–Trinajstić information content (AvgIpc) is 2.47. The molecule has 0 saturated carbocycles. The van der Waals surface area contributed by atoms with Crippen molar-refractivity contribution in [1.29, 1.82) is 0 Å². The second kappa shape index (κ2) is 7.05. The first kappa shape index (κ1) is 16.0. The summed E-state index contributed by atoms with van der Waals surface area (Å²) in [5.41, 5.74) is 0.682. The maximum absolute atomic E-state index is 12.5. The Balaban J connectivity index is 2.02. The first-order valence-corrected chi connectivity index (χ1v) is 7.64. The Hall–Kier alpha value is -1.39. The Kier molecular flexibility index (Phi) is 5.37. The summed E-state index contributed by atoms with van der Waals surface area (Å²) in [6, 6.07) is 7.76. The van der Waals surface area contributed by atoms with Crippen molar-refractivity contribution in [3.05, 3.63) is 29.8 Å². The van der Waals surface area contributed by atoms with E-state index < -0.39 is 0 Å². The summed E-state index contributed by atoms with van der Waals surface area (Å²) in [6.07, 6.45) is -0.231. The van der Waals surface area contributed by atoms with E-state index in [9.17, 15) is 4.79 Å². The molecule has 4 heteroatoms. The van der Waals surface area contributed by atoms with Gasteiger partial charge in [-0.3, -0.25) is 9.69 Å². The number of ether oxygens (including phenoxy) is 2. The van der Waals surface area contributed by atoms with Crippen LogP contribution in [0.1, 0.15) is 38.1 Å². The van der Waals surface area contributed by atoms with E-state index in [0.29, 0.717) is 24.8 Å². The van der Waals surface area contributed by atoms with Crippen molar-refractivity contribution < 1.29 is 14.3 Å². The van der Waals surface area contributed by atoms with Crippen LogP contribution >= 0.6 is 0 Å². The molecule has 0 aliphatic carbocycles. The molecule has 2 rings (SSSR count). The van der Waals surface area contributed by atoms with E-state index in [4.69, 9.17) is 9.47 Å². The molecule has 1 heterocycles. The van der Waals surface area contributed by atoms with E-state index in [1.807, 2.05) is 38.1 Å². The van der Waals surface area contributed by atoms with Gasteiger partial charge in [0.25, 0.3) is 0 Å². The van der Waals surface area contributed by atoms with Crippen LogP contribution in [0.2, 0.25) is 0 Å². The summed E-state index contributed by atoms with van der Waals surface area (Å²) in [5.74, 6) is 0.839. The lowest BCUT2D eigenvalue weighted by Gasteiger charge is -2.34. The van der Waals surface area contributed by atoms with E-state index in [1.54, 1.807) is 0 Å². The molecule has 1 unspecified atom stereocenters. The lowest BCUT2D eigenvalue weighted by atomic mass is 10.0. The van der Waals surface area contributed by atoms with Crippen LogP contribution in [0.3, 0.4) is 0 Å². The number of hydrogen-bond acceptors (Lipinski definition) is 4. The number of Topliss-reactive ketones (excluding diaryl/α,β-unsaturated/α-hetero) is 1. The molecular formula is C17H25NO3. The molecule has 21 heavy (non-hydrogen) atoms. The topological polar surface area (TPSA) is 38.8 Å².